The Morgan fingerprint density at radius 1 is 1.24 bits per heavy atom. The normalized spacial score (nSPS) is 12.5. The third-order valence-corrected chi connectivity index (χ3v) is 5.46. The minimum absolute atomic E-state index is 0.259. The molecule has 118 valence electrons. The molecule has 10 heteroatoms. The van der Waals surface area contributed by atoms with Crippen LogP contribution >= 0.6 is 0 Å². The van der Waals surface area contributed by atoms with Crippen LogP contribution in [0.15, 0.2) is 23.1 Å². The fourth-order valence-corrected chi connectivity index (χ4v) is 3.36. The molecule has 0 fully saturated rings. The first-order valence-corrected chi connectivity index (χ1v) is 9.15. The average Bonchev–Trinajstić information content (AvgIpc) is 2.34. The Balaban J connectivity index is 3.13. The Kier molecular flexibility index (Phi) is 4.97. The van der Waals surface area contributed by atoms with Gasteiger partial charge in [0, 0.05) is 19.8 Å². The van der Waals surface area contributed by atoms with Gasteiger partial charge in [0.05, 0.1) is 10.6 Å². The molecule has 1 aromatic rings. The Morgan fingerprint density at radius 3 is 2.29 bits per heavy atom. The molecule has 2 N–H and O–H groups in total. The topological polar surface area (TPSA) is 129 Å². The van der Waals surface area contributed by atoms with Crippen molar-refractivity contribution in [1.82, 2.24) is 4.31 Å². The molecule has 0 bridgehead atoms. The van der Waals surface area contributed by atoms with Crippen molar-refractivity contribution >= 4 is 25.8 Å². The third-order valence-electron chi connectivity index (χ3n) is 2.68. The highest BCUT2D eigenvalue weighted by molar-refractivity contribution is 7.91. The molecule has 0 radical (unpaired) electrons. The second-order valence-electron chi connectivity index (χ2n) is 4.44. The standard InChI is InChI=1S/C11H15NO7S2/c1-12(5-6-20(2,16)17)21(18,19)8-3-4-10(13)9(7-8)11(14)15/h3-4,7,13H,5-6H2,1-2H3,(H,14,15). The summed E-state index contributed by atoms with van der Waals surface area (Å²) in [5.41, 5.74) is -0.549. The number of aromatic hydroxyl groups is 1. The second kappa shape index (κ2) is 6.00. The van der Waals surface area contributed by atoms with Gasteiger partial charge in [-0.05, 0) is 18.2 Å². The molecule has 0 atom stereocenters. The van der Waals surface area contributed by atoms with Crippen LogP contribution < -0.4 is 0 Å². The molecule has 0 heterocycles. The van der Waals surface area contributed by atoms with Gasteiger partial charge in [0.2, 0.25) is 10.0 Å². The highest BCUT2D eigenvalue weighted by Crippen LogP contribution is 2.23. The molecule has 0 saturated heterocycles. The van der Waals surface area contributed by atoms with E-state index in [0.29, 0.717) is 0 Å². The zero-order valence-corrected chi connectivity index (χ0v) is 13.0. The molecule has 8 nitrogen and oxygen atoms in total. The first kappa shape index (κ1) is 17.4. The van der Waals surface area contributed by atoms with E-state index in [9.17, 15) is 26.7 Å². The number of hydrogen-bond donors (Lipinski definition) is 2. The lowest BCUT2D eigenvalue weighted by molar-refractivity contribution is 0.0693. The van der Waals surface area contributed by atoms with E-state index in [1.54, 1.807) is 0 Å². The van der Waals surface area contributed by atoms with Crippen molar-refractivity contribution in [3.8, 4) is 5.75 Å². The summed E-state index contributed by atoms with van der Waals surface area (Å²) in [6, 6.07) is 2.83. The number of sulfone groups is 1. The molecule has 0 amide bonds. The van der Waals surface area contributed by atoms with Crippen LogP contribution in [-0.4, -0.2) is 62.9 Å². The lowest BCUT2D eigenvalue weighted by Gasteiger charge is -2.17. The van der Waals surface area contributed by atoms with Crippen LogP contribution in [0.3, 0.4) is 0 Å². The van der Waals surface area contributed by atoms with Crippen molar-refractivity contribution in [2.45, 2.75) is 4.90 Å². The van der Waals surface area contributed by atoms with E-state index >= 15 is 0 Å². The van der Waals surface area contributed by atoms with E-state index in [-0.39, 0.29) is 17.2 Å². The molecule has 0 saturated carbocycles. The Bertz CT molecular complexity index is 753. The quantitative estimate of drug-likeness (QED) is 0.732. The van der Waals surface area contributed by atoms with Gasteiger partial charge < -0.3 is 10.2 Å². The Hall–Kier alpha value is -1.65. The van der Waals surface area contributed by atoms with Crippen molar-refractivity contribution in [3.63, 3.8) is 0 Å². The zero-order valence-electron chi connectivity index (χ0n) is 11.3. The molecule has 0 spiro atoms. The molecular formula is C11H15NO7S2. The van der Waals surface area contributed by atoms with E-state index in [4.69, 9.17) is 5.11 Å². The summed E-state index contributed by atoms with van der Waals surface area (Å²) in [6.45, 7) is -0.259. The van der Waals surface area contributed by atoms with Crippen LogP contribution in [0, 0.1) is 0 Å². The third kappa shape index (κ3) is 4.41. The highest BCUT2D eigenvalue weighted by atomic mass is 32.2. The van der Waals surface area contributed by atoms with Crippen LogP contribution in [0.5, 0.6) is 5.75 Å². The number of phenols is 1. The van der Waals surface area contributed by atoms with E-state index in [2.05, 4.69) is 0 Å². The fourth-order valence-electron chi connectivity index (χ4n) is 1.44. The summed E-state index contributed by atoms with van der Waals surface area (Å²) in [7, 11) is -6.18. The maximum absolute atomic E-state index is 12.2. The van der Waals surface area contributed by atoms with Gasteiger partial charge in [-0.3, -0.25) is 0 Å². The maximum Gasteiger partial charge on any atom is 0.339 e. The van der Waals surface area contributed by atoms with Gasteiger partial charge >= 0.3 is 5.97 Å². The van der Waals surface area contributed by atoms with Crippen LogP contribution in [0.4, 0.5) is 0 Å². The predicted octanol–water partition coefficient (Wildman–Crippen LogP) is -0.244. The number of sulfonamides is 1. The van der Waals surface area contributed by atoms with Crippen LogP contribution in [0.25, 0.3) is 0 Å². The molecule has 21 heavy (non-hydrogen) atoms. The molecule has 1 aromatic carbocycles. The number of carbonyl (C=O) groups is 1. The lowest BCUT2D eigenvalue weighted by atomic mass is 10.2. The van der Waals surface area contributed by atoms with Gasteiger partial charge in [0.15, 0.2) is 0 Å². The van der Waals surface area contributed by atoms with Gasteiger partial charge in [0.1, 0.15) is 21.2 Å². The lowest BCUT2D eigenvalue weighted by Crippen LogP contribution is -2.31. The summed E-state index contributed by atoms with van der Waals surface area (Å²) >= 11 is 0. The van der Waals surface area contributed by atoms with Gasteiger partial charge in [0.25, 0.3) is 0 Å². The first-order chi connectivity index (χ1) is 9.45. The summed E-state index contributed by atoms with van der Waals surface area (Å²) in [6.07, 6.45) is 0.983. The van der Waals surface area contributed by atoms with Gasteiger partial charge in [-0.2, -0.15) is 4.31 Å². The molecule has 0 aliphatic carbocycles. The molecule has 0 aromatic heterocycles. The molecule has 0 aliphatic rings. The van der Waals surface area contributed by atoms with E-state index < -0.39 is 37.1 Å². The van der Waals surface area contributed by atoms with Crippen molar-refractivity contribution in [2.24, 2.45) is 0 Å². The average molecular weight is 337 g/mol. The summed E-state index contributed by atoms with van der Waals surface area (Å²) in [5.74, 6) is -2.38. The SMILES string of the molecule is CN(CCS(C)(=O)=O)S(=O)(=O)c1ccc(O)c(C(=O)O)c1. The number of carboxylic acid groups (broad SMARTS) is 1. The first-order valence-electron chi connectivity index (χ1n) is 5.65. The highest BCUT2D eigenvalue weighted by Gasteiger charge is 2.24. The number of hydrogen-bond acceptors (Lipinski definition) is 6. The minimum atomic E-state index is -4.04. The summed E-state index contributed by atoms with van der Waals surface area (Å²) in [5, 5.41) is 18.2. The summed E-state index contributed by atoms with van der Waals surface area (Å²) in [4.78, 5) is 10.5. The van der Waals surface area contributed by atoms with E-state index in [1.807, 2.05) is 0 Å². The fraction of sp³-hybridized carbons (Fsp3) is 0.364. The van der Waals surface area contributed by atoms with Crippen molar-refractivity contribution < 1.29 is 31.8 Å². The van der Waals surface area contributed by atoms with Crippen LogP contribution in [0.1, 0.15) is 10.4 Å². The van der Waals surface area contributed by atoms with Gasteiger partial charge in [-0.25, -0.2) is 21.6 Å². The Labute approximate surface area is 122 Å². The van der Waals surface area contributed by atoms with Gasteiger partial charge in [-0.15, -0.1) is 0 Å². The summed E-state index contributed by atoms with van der Waals surface area (Å²) < 4.78 is 47.3. The Morgan fingerprint density at radius 2 is 1.81 bits per heavy atom. The molecule has 0 aliphatic heterocycles. The molecule has 0 unspecified atom stereocenters. The number of carboxylic acids is 1. The van der Waals surface area contributed by atoms with Crippen LogP contribution in [0.2, 0.25) is 0 Å². The van der Waals surface area contributed by atoms with Crippen molar-refractivity contribution in [3.05, 3.63) is 23.8 Å². The van der Waals surface area contributed by atoms with Crippen molar-refractivity contribution in [2.75, 3.05) is 25.6 Å². The minimum Gasteiger partial charge on any atom is -0.507 e. The smallest absolute Gasteiger partial charge is 0.339 e. The molecular weight excluding hydrogens is 322 g/mol. The van der Waals surface area contributed by atoms with Gasteiger partial charge in [-0.1, -0.05) is 0 Å². The number of aromatic carboxylic acids is 1. The maximum atomic E-state index is 12.2. The van der Waals surface area contributed by atoms with Crippen LogP contribution in [-0.2, 0) is 19.9 Å². The molecule has 1 rings (SSSR count). The number of nitrogens with zero attached hydrogens (tertiary/aromatic N) is 1. The van der Waals surface area contributed by atoms with Crippen molar-refractivity contribution in [1.29, 1.82) is 0 Å². The number of benzene rings is 1. The second-order valence-corrected chi connectivity index (χ2v) is 8.75. The van der Waals surface area contributed by atoms with E-state index in [1.165, 1.54) is 7.05 Å². The predicted molar refractivity (Wildman–Crippen MR) is 74.6 cm³/mol. The largest absolute Gasteiger partial charge is 0.507 e. The van der Waals surface area contributed by atoms with E-state index in [0.717, 1.165) is 28.8 Å². The zero-order chi connectivity index (χ0) is 16.4. The monoisotopic (exact) mass is 337 g/mol. The number of rotatable bonds is 6.